The highest BCUT2D eigenvalue weighted by atomic mass is 32.1. The summed E-state index contributed by atoms with van der Waals surface area (Å²) in [4.78, 5) is 19.2. The summed E-state index contributed by atoms with van der Waals surface area (Å²) in [6, 6.07) is 9.90. The third kappa shape index (κ3) is 2.91. The minimum atomic E-state index is -0.347. The molecule has 0 radical (unpaired) electrons. The Hall–Kier alpha value is -2.64. The molecule has 2 aliphatic rings. The van der Waals surface area contributed by atoms with Crippen molar-refractivity contribution >= 4 is 17.2 Å². The van der Waals surface area contributed by atoms with E-state index in [-0.39, 0.29) is 11.5 Å². The molecule has 3 aromatic rings. The van der Waals surface area contributed by atoms with Gasteiger partial charge < -0.3 is 18.9 Å². The molecule has 28 heavy (non-hydrogen) atoms. The molecule has 7 heteroatoms. The lowest BCUT2D eigenvalue weighted by Crippen LogP contribution is -2.45. The average Bonchev–Trinajstić information content (AvgIpc) is 3.48. The van der Waals surface area contributed by atoms with Gasteiger partial charge in [0.05, 0.1) is 37.7 Å². The molecule has 0 unspecified atom stereocenters. The standard InChI is InChI=1S/C21H21N3O3S/c1-26-17-4-2-15(3-5-17)18-10-22-19-11-27-21(14-24(18)19)7-8-23(13-21)20(25)16-6-9-28-12-16/h2-6,9-10,12H,7-8,11,13-14H2,1H3/t21-/m0/s1. The van der Waals surface area contributed by atoms with E-state index in [4.69, 9.17) is 9.47 Å². The largest absolute Gasteiger partial charge is 0.497 e. The number of benzene rings is 1. The van der Waals surface area contributed by atoms with Crippen LogP contribution in [0.2, 0.25) is 0 Å². The Morgan fingerprint density at radius 2 is 2.11 bits per heavy atom. The maximum Gasteiger partial charge on any atom is 0.254 e. The SMILES string of the molecule is COc1ccc(-c2cnc3n2C[C@@]2(CCN(C(=O)c4ccsc4)C2)OC3)cc1. The number of aromatic nitrogens is 2. The number of nitrogens with zero attached hydrogens (tertiary/aromatic N) is 3. The van der Waals surface area contributed by atoms with Crippen LogP contribution in [0.15, 0.2) is 47.3 Å². The van der Waals surface area contributed by atoms with Gasteiger partial charge in [-0.05, 0) is 42.1 Å². The van der Waals surface area contributed by atoms with Gasteiger partial charge in [0.15, 0.2) is 0 Å². The van der Waals surface area contributed by atoms with E-state index >= 15 is 0 Å². The fourth-order valence-electron chi connectivity index (χ4n) is 4.08. The molecule has 6 nitrogen and oxygen atoms in total. The highest BCUT2D eigenvalue weighted by Crippen LogP contribution is 2.36. The fourth-order valence-corrected chi connectivity index (χ4v) is 4.71. The van der Waals surface area contributed by atoms with E-state index in [1.54, 1.807) is 18.4 Å². The molecule has 144 valence electrons. The van der Waals surface area contributed by atoms with Crippen molar-refractivity contribution < 1.29 is 14.3 Å². The van der Waals surface area contributed by atoms with Crippen molar-refractivity contribution in [1.82, 2.24) is 14.5 Å². The second-order valence-corrected chi connectivity index (χ2v) is 8.11. The summed E-state index contributed by atoms with van der Waals surface area (Å²) >= 11 is 1.55. The van der Waals surface area contributed by atoms with Gasteiger partial charge in [-0.1, -0.05) is 0 Å². The van der Waals surface area contributed by atoms with Gasteiger partial charge in [0.25, 0.3) is 5.91 Å². The van der Waals surface area contributed by atoms with E-state index < -0.39 is 0 Å². The summed E-state index contributed by atoms with van der Waals surface area (Å²) in [6.07, 6.45) is 2.74. The van der Waals surface area contributed by atoms with Crippen LogP contribution < -0.4 is 4.74 Å². The molecule has 2 aromatic heterocycles. The lowest BCUT2D eigenvalue weighted by molar-refractivity contribution is -0.0804. The molecule has 1 spiro atoms. The quantitative estimate of drug-likeness (QED) is 0.682. The zero-order chi connectivity index (χ0) is 19.1. The van der Waals surface area contributed by atoms with Gasteiger partial charge >= 0.3 is 0 Å². The second kappa shape index (κ2) is 6.76. The molecule has 1 atom stereocenters. The zero-order valence-corrected chi connectivity index (χ0v) is 16.4. The first-order chi connectivity index (χ1) is 13.7. The van der Waals surface area contributed by atoms with Gasteiger partial charge in [0.2, 0.25) is 0 Å². The Bertz CT molecular complexity index is 997. The van der Waals surface area contributed by atoms with Crippen molar-refractivity contribution in [2.45, 2.75) is 25.2 Å². The summed E-state index contributed by atoms with van der Waals surface area (Å²) in [6.45, 7) is 2.51. The average molecular weight is 395 g/mol. The van der Waals surface area contributed by atoms with E-state index in [1.165, 1.54) is 0 Å². The number of carbonyl (C=O) groups is 1. The summed E-state index contributed by atoms with van der Waals surface area (Å²) in [7, 11) is 1.67. The highest BCUT2D eigenvalue weighted by Gasteiger charge is 2.44. The van der Waals surface area contributed by atoms with Crippen molar-refractivity contribution in [3.05, 3.63) is 58.7 Å². The number of hydrogen-bond acceptors (Lipinski definition) is 5. The molecule has 5 rings (SSSR count). The van der Waals surface area contributed by atoms with E-state index in [0.29, 0.717) is 19.7 Å². The Kier molecular flexibility index (Phi) is 4.21. The molecule has 2 aliphatic heterocycles. The van der Waals surface area contributed by atoms with Crippen LogP contribution in [0.5, 0.6) is 5.75 Å². The predicted molar refractivity (Wildman–Crippen MR) is 107 cm³/mol. The Morgan fingerprint density at radius 1 is 1.25 bits per heavy atom. The van der Waals surface area contributed by atoms with Crippen LogP contribution >= 0.6 is 11.3 Å². The molecule has 4 heterocycles. The van der Waals surface area contributed by atoms with E-state index in [9.17, 15) is 4.79 Å². The summed E-state index contributed by atoms with van der Waals surface area (Å²) in [5.41, 5.74) is 2.59. The van der Waals surface area contributed by atoms with Crippen LogP contribution in [0, 0.1) is 0 Å². The molecule has 0 saturated carbocycles. The molecular formula is C21H21N3O3S. The first kappa shape index (κ1) is 17.5. The van der Waals surface area contributed by atoms with Crippen molar-refractivity contribution in [2.75, 3.05) is 20.2 Å². The maximum absolute atomic E-state index is 12.7. The first-order valence-electron chi connectivity index (χ1n) is 9.32. The highest BCUT2D eigenvalue weighted by molar-refractivity contribution is 7.08. The molecule has 0 aliphatic carbocycles. The number of imidazole rings is 1. The molecular weight excluding hydrogens is 374 g/mol. The van der Waals surface area contributed by atoms with Gasteiger partial charge in [-0.15, -0.1) is 0 Å². The number of ether oxygens (including phenoxy) is 2. The molecule has 0 bridgehead atoms. The summed E-state index contributed by atoms with van der Waals surface area (Å²) in [5.74, 6) is 1.85. The van der Waals surface area contributed by atoms with Gasteiger partial charge in [0.1, 0.15) is 23.8 Å². The number of amides is 1. The van der Waals surface area contributed by atoms with Crippen LogP contribution in [0.1, 0.15) is 22.6 Å². The number of carbonyl (C=O) groups excluding carboxylic acids is 1. The Balaban J connectivity index is 1.39. The lowest BCUT2D eigenvalue weighted by atomic mass is 10.0. The first-order valence-corrected chi connectivity index (χ1v) is 10.3. The van der Waals surface area contributed by atoms with Crippen LogP contribution in [0.25, 0.3) is 11.3 Å². The third-order valence-corrected chi connectivity index (χ3v) is 6.33. The zero-order valence-electron chi connectivity index (χ0n) is 15.6. The minimum absolute atomic E-state index is 0.0912. The minimum Gasteiger partial charge on any atom is -0.497 e. The van der Waals surface area contributed by atoms with Crippen LogP contribution in [0.4, 0.5) is 0 Å². The van der Waals surface area contributed by atoms with Crippen LogP contribution in [0.3, 0.4) is 0 Å². The number of rotatable bonds is 3. The second-order valence-electron chi connectivity index (χ2n) is 7.33. The van der Waals surface area contributed by atoms with E-state index in [0.717, 1.165) is 41.4 Å². The smallest absolute Gasteiger partial charge is 0.254 e. The van der Waals surface area contributed by atoms with Crippen LogP contribution in [-0.4, -0.2) is 46.2 Å². The van der Waals surface area contributed by atoms with Gasteiger partial charge in [-0.3, -0.25) is 4.79 Å². The van der Waals surface area contributed by atoms with Gasteiger partial charge in [0, 0.05) is 17.5 Å². The van der Waals surface area contributed by atoms with Gasteiger partial charge in [-0.2, -0.15) is 11.3 Å². The normalized spacial score (nSPS) is 21.1. The van der Waals surface area contributed by atoms with E-state index in [2.05, 4.69) is 9.55 Å². The molecule has 1 saturated heterocycles. The van der Waals surface area contributed by atoms with Crippen molar-refractivity contribution in [3.63, 3.8) is 0 Å². The van der Waals surface area contributed by atoms with Crippen molar-refractivity contribution in [1.29, 1.82) is 0 Å². The summed E-state index contributed by atoms with van der Waals surface area (Å²) < 4.78 is 13.7. The van der Waals surface area contributed by atoms with Crippen molar-refractivity contribution in [2.24, 2.45) is 0 Å². The van der Waals surface area contributed by atoms with Crippen LogP contribution in [-0.2, 0) is 17.9 Å². The summed E-state index contributed by atoms with van der Waals surface area (Å²) in [5, 5.41) is 3.85. The lowest BCUT2D eigenvalue weighted by Gasteiger charge is -2.35. The number of likely N-dealkylation sites (tertiary alicyclic amines) is 1. The van der Waals surface area contributed by atoms with E-state index in [1.807, 2.05) is 52.2 Å². The number of thiophene rings is 1. The molecule has 1 amide bonds. The number of methoxy groups -OCH3 is 1. The predicted octanol–water partition coefficient (Wildman–Crippen LogP) is 3.44. The third-order valence-electron chi connectivity index (χ3n) is 5.65. The topological polar surface area (TPSA) is 56.6 Å². The fraction of sp³-hybridized carbons (Fsp3) is 0.333. The number of hydrogen-bond donors (Lipinski definition) is 0. The number of fused-ring (bicyclic) bond motifs is 1. The molecule has 1 fully saturated rings. The van der Waals surface area contributed by atoms with Gasteiger partial charge in [-0.25, -0.2) is 4.98 Å². The molecule has 1 aromatic carbocycles. The Labute approximate surface area is 167 Å². The molecule has 0 N–H and O–H groups in total. The maximum atomic E-state index is 12.7. The Morgan fingerprint density at radius 3 is 2.86 bits per heavy atom. The van der Waals surface area contributed by atoms with Crippen molar-refractivity contribution in [3.8, 4) is 17.0 Å². The monoisotopic (exact) mass is 395 g/mol.